The van der Waals surface area contributed by atoms with Gasteiger partial charge < -0.3 is 15.8 Å². The van der Waals surface area contributed by atoms with Crippen LogP contribution in [-0.2, 0) is 9.53 Å². The molecule has 0 radical (unpaired) electrons. The Hall–Kier alpha value is -0.680. The van der Waals surface area contributed by atoms with Crippen molar-refractivity contribution in [2.45, 2.75) is 50.7 Å². The number of nitrogens with two attached hydrogens (primary N) is 1. The molecule has 5 heteroatoms. The van der Waals surface area contributed by atoms with Crippen molar-refractivity contribution in [2.24, 2.45) is 11.1 Å². The second kappa shape index (κ2) is 4.90. The van der Waals surface area contributed by atoms with Gasteiger partial charge in [0.25, 0.3) is 0 Å². The van der Waals surface area contributed by atoms with E-state index < -0.39 is 5.41 Å². The lowest BCUT2D eigenvalue weighted by atomic mass is 9.82. The summed E-state index contributed by atoms with van der Waals surface area (Å²) in [5.74, 6) is 0.0297. The highest BCUT2D eigenvalue weighted by Gasteiger charge is 2.45. The van der Waals surface area contributed by atoms with Crippen molar-refractivity contribution in [1.82, 2.24) is 5.32 Å². The maximum atomic E-state index is 12.3. The first-order valence-electron chi connectivity index (χ1n) is 6.22. The number of carbonyl (C=O) groups is 1. The third-order valence-electron chi connectivity index (χ3n) is 4.13. The lowest BCUT2D eigenvalue weighted by Crippen LogP contribution is -2.54. The molecular formula is C12H20N2O2S. The Balaban J connectivity index is 1.92. The zero-order chi connectivity index (χ0) is 12.5. The van der Waals surface area contributed by atoms with Gasteiger partial charge in [0, 0.05) is 13.2 Å². The van der Waals surface area contributed by atoms with E-state index in [-0.39, 0.29) is 11.9 Å². The standard InChI is InChI=1S/C12H20N2O2S/c1-16-9-6-8(7-9)14-11(15)12(10(13)17)4-2-3-5-12/h8-9H,2-7H2,1H3,(H2,13,17)(H,14,15). The van der Waals surface area contributed by atoms with Crippen molar-refractivity contribution in [2.75, 3.05) is 7.11 Å². The van der Waals surface area contributed by atoms with Crippen LogP contribution in [0.5, 0.6) is 0 Å². The number of thiocarbonyl (C=S) groups is 1. The van der Waals surface area contributed by atoms with Crippen LogP contribution in [0.1, 0.15) is 38.5 Å². The Labute approximate surface area is 107 Å². The SMILES string of the molecule is COC1CC(NC(=O)C2(C(N)=S)CCCC2)C1. The molecule has 0 atom stereocenters. The zero-order valence-electron chi connectivity index (χ0n) is 10.2. The maximum Gasteiger partial charge on any atom is 0.233 e. The molecule has 0 unspecified atom stereocenters. The van der Waals surface area contributed by atoms with Crippen LogP contribution in [0.4, 0.5) is 0 Å². The molecule has 2 rings (SSSR count). The summed E-state index contributed by atoms with van der Waals surface area (Å²) in [6.45, 7) is 0. The molecule has 3 N–H and O–H groups in total. The van der Waals surface area contributed by atoms with Crippen LogP contribution in [0.2, 0.25) is 0 Å². The van der Waals surface area contributed by atoms with Crippen LogP contribution in [0.25, 0.3) is 0 Å². The Morgan fingerprint density at radius 2 is 2.00 bits per heavy atom. The van der Waals surface area contributed by atoms with Crippen molar-refractivity contribution in [1.29, 1.82) is 0 Å². The molecule has 2 aliphatic carbocycles. The van der Waals surface area contributed by atoms with Gasteiger partial charge in [0.05, 0.1) is 16.5 Å². The summed E-state index contributed by atoms with van der Waals surface area (Å²) in [6, 6.07) is 0.235. The fraction of sp³-hybridized carbons (Fsp3) is 0.833. The number of ether oxygens (including phenoxy) is 1. The minimum Gasteiger partial charge on any atom is -0.392 e. The summed E-state index contributed by atoms with van der Waals surface area (Å²) in [5, 5.41) is 3.06. The average molecular weight is 256 g/mol. The van der Waals surface area contributed by atoms with Gasteiger partial charge in [0.2, 0.25) is 5.91 Å². The summed E-state index contributed by atoms with van der Waals surface area (Å²) in [7, 11) is 1.70. The molecule has 0 aliphatic heterocycles. The topological polar surface area (TPSA) is 64.3 Å². The molecular weight excluding hydrogens is 236 g/mol. The second-order valence-electron chi connectivity index (χ2n) is 5.15. The largest absolute Gasteiger partial charge is 0.392 e. The molecule has 0 aromatic carbocycles. The molecule has 96 valence electrons. The van der Waals surface area contributed by atoms with E-state index in [9.17, 15) is 4.79 Å². The first-order valence-corrected chi connectivity index (χ1v) is 6.63. The second-order valence-corrected chi connectivity index (χ2v) is 5.59. The van der Waals surface area contributed by atoms with Gasteiger partial charge in [-0.25, -0.2) is 0 Å². The van der Waals surface area contributed by atoms with E-state index in [1.54, 1.807) is 7.11 Å². The van der Waals surface area contributed by atoms with Gasteiger partial charge in [0.1, 0.15) is 0 Å². The molecule has 1 amide bonds. The number of hydrogen-bond donors (Lipinski definition) is 2. The molecule has 0 aromatic rings. The minimum atomic E-state index is -0.576. The highest BCUT2D eigenvalue weighted by molar-refractivity contribution is 7.80. The fourth-order valence-corrected chi connectivity index (χ4v) is 3.06. The number of carbonyl (C=O) groups excluding carboxylic acids is 1. The van der Waals surface area contributed by atoms with Crippen LogP contribution < -0.4 is 11.1 Å². The van der Waals surface area contributed by atoms with E-state index in [1.165, 1.54) is 0 Å². The van der Waals surface area contributed by atoms with E-state index >= 15 is 0 Å². The number of rotatable bonds is 4. The van der Waals surface area contributed by atoms with Crippen molar-refractivity contribution in [3.63, 3.8) is 0 Å². The van der Waals surface area contributed by atoms with Crippen molar-refractivity contribution < 1.29 is 9.53 Å². The van der Waals surface area contributed by atoms with Gasteiger partial charge in [-0.1, -0.05) is 25.1 Å². The van der Waals surface area contributed by atoms with Crippen LogP contribution in [0.3, 0.4) is 0 Å². The van der Waals surface area contributed by atoms with Crippen molar-refractivity contribution >= 4 is 23.1 Å². The summed E-state index contributed by atoms with van der Waals surface area (Å²) >= 11 is 5.09. The highest BCUT2D eigenvalue weighted by atomic mass is 32.1. The predicted molar refractivity (Wildman–Crippen MR) is 69.6 cm³/mol. The van der Waals surface area contributed by atoms with E-state index in [0.29, 0.717) is 11.1 Å². The normalized spacial score (nSPS) is 30.6. The van der Waals surface area contributed by atoms with E-state index in [0.717, 1.165) is 38.5 Å². The quantitative estimate of drug-likeness (QED) is 0.740. The molecule has 2 saturated carbocycles. The summed E-state index contributed by atoms with van der Waals surface area (Å²) < 4.78 is 5.19. The monoisotopic (exact) mass is 256 g/mol. The van der Waals surface area contributed by atoms with Gasteiger partial charge >= 0.3 is 0 Å². The third-order valence-corrected chi connectivity index (χ3v) is 4.52. The number of methoxy groups -OCH3 is 1. The van der Waals surface area contributed by atoms with Crippen LogP contribution >= 0.6 is 12.2 Å². The predicted octanol–water partition coefficient (Wildman–Crippen LogP) is 1.13. The Kier molecular flexibility index (Phi) is 3.68. The van der Waals surface area contributed by atoms with Gasteiger partial charge in [-0.15, -0.1) is 0 Å². The summed E-state index contributed by atoms with van der Waals surface area (Å²) in [4.78, 5) is 12.6. The summed E-state index contributed by atoms with van der Waals surface area (Å²) in [6.07, 6.45) is 5.77. The van der Waals surface area contributed by atoms with E-state index in [2.05, 4.69) is 5.32 Å². The molecule has 0 spiro atoms. The molecule has 0 bridgehead atoms. The molecule has 0 saturated heterocycles. The maximum absolute atomic E-state index is 12.3. The molecule has 4 nitrogen and oxygen atoms in total. The average Bonchev–Trinajstić information content (AvgIpc) is 2.72. The molecule has 2 fully saturated rings. The zero-order valence-corrected chi connectivity index (χ0v) is 11.0. The number of hydrogen-bond acceptors (Lipinski definition) is 3. The van der Waals surface area contributed by atoms with Crippen LogP contribution in [-0.4, -0.2) is 30.2 Å². The first-order chi connectivity index (χ1) is 8.08. The fourth-order valence-electron chi connectivity index (χ4n) is 2.76. The van der Waals surface area contributed by atoms with Crippen LogP contribution in [0.15, 0.2) is 0 Å². The number of nitrogens with one attached hydrogen (secondary N) is 1. The minimum absolute atomic E-state index is 0.0297. The van der Waals surface area contributed by atoms with Crippen molar-refractivity contribution in [3.8, 4) is 0 Å². The van der Waals surface area contributed by atoms with Gasteiger partial charge in [0.15, 0.2) is 0 Å². The Morgan fingerprint density at radius 3 is 2.47 bits per heavy atom. The molecule has 0 aromatic heterocycles. The van der Waals surface area contributed by atoms with Gasteiger partial charge in [-0.3, -0.25) is 4.79 Å². The lowest BCUT2D eigenvalue weighted by Gasteiger charge is -2.37. The lowest BCUT2D eigenvalue weighted by molar-refractivity contribution is -0.129. The van der Waals surface area contributed by atoms with E-state index in [4.69, 9.17) is 22.7 Å². The van der Waals surface area contributed by atoms with Gasteiger partial charge in [-0.2, -0.15) is 0 Å². The van der Waals surface area contributed by atoms with Gasteiger partial charge in [-0.05, 0) is 25.7 Å². The van der Waals surface area contributed by atoms with Crippen LogP contribution in [0, 0.1) is 5.41 Å². The highest BCUT2D eigenvalue weighted by Crippen LogP contribution is 2.39. The Morgan fingerprint density at radius 1 is 1.41 bits per heavy atom. The van der Waals surface area contributed by atoms with E-state index in [1.807, 2.05) is 0 Å². The first kappa shape index (κ1) is 12.8. The molecule has 0 heterocycles. The molecule has 2 aliphatic rings. The Bertz CT molecular complexity index is 320. The third kappa shape index (κ3) is 2.31. The smallest absolute Gasteiger partial charge is 0.233 e. The number of amides is 1. The summed E-state index contributed by atoms with van der Waals surface area (Å²) in [5.41, 5.74) is 5.19. The van der Waals surface area contributed by atoms with Crippen molar-refractivity contribution in [3.05, 3.63) is 0 Å². The molecule has 17 heavy (non-hydrogen) atoms.